The lowest BCUT2D eigenvalue weighted by Gasteiger charge is -2.12. The van der Waals surface area contributed by atoms with Gasteiger partial charge in [-0.2, -0.15) is 5.21 Å². The maximum absolute atomic E-state index is 9.85. The molecule has 0 aliphatic heterocycles. The summed E-state index contributed by atoms with van der Waals surface area (Å²) in [6.45, 7) is 2.63. The average Bonchev–Trinajstić information content (AvgIpc) is 3.56. The molecule has 1 atom stereocenters. The van der Waals surface area contributed by atoms with Gasteiger partial charge in [0.15, 0.2) is 5.15 Å². The number of aryl methyl sites for hydroxylation is 1. The number of aliphatic hydroxyl groups is 1. The maximum atomic E-state index is 9.85. The van der Waals surface area contributed by atoms with Crippen LogP contribution in [0.15, 0.2) is 48.5 Å². The number of hydrogen-bond donors (Lipinski definition) is 5. The molecule has 0 amide bonds. The van der Waals surface area contributed by atoms with Crippen molar-refractivity contribution in [3.05, 3.63) is 70.8 Å². The van der Waals surface area contributed by atoms with E-state index in [1.807, 2.05) is 28.8 Å². The topological polar surface area (TPSA) is 193 Å². The van der Waals surface area contributed by atoms with E-state index in [9.17, 15) is 14.7 Å². The third-order valence-electron chi connectivity index (χ3n) is 5.84. The minimum absolute atomic E-state index is 0.131. The highest BCUT2D eigenvalue weighted by atomic mass is 35.5. The molecule has 206 valence electrons. The zero-order valence-corrected chi connectivity index (χ0v) is 22.0. The van der Waals surface area contributed by atoms with Gasteiger partial charge in [-0.25, -0.2) is 4.98 Å². The van der Waals surface area contributed by atoms with Crippen LogP contribution in [-0.4, -0.2) is 63.5 Å². The predicted molar refractivity (Wildman–Crippen MR) is 144 cm³/mol. The van der Waals surface area contributed by atoms with Crippen LogP contribution in [0.25, 0.3) is 22.5 Å². The number of halogens is 1. The Kier molecular flexibility index (Phi) is 10.7. The fourth-order valence-electron chi connectivity index (χ4n) is 3.82. The summed E-state index contributed by atoms with van der Waals surface area (Å²) in [6.07, 6.45) is 2.42. The summed E-state index contributed by atoms with van der Waals surface area (Å²) in [5, 5.41) is 40.6. The number of aliphatic hydroxyl groups excluding tert-OH is 1. The van der Waals surface area contributed by atoms with E-state index in [1.54, 1.807) is 0 Å². The van der Waals surface area contributed by atoms with Crippen molar-refractivity contribution in [2.45, 2.75) is 51.8 Å². The summed E-state index contributed by atoms with van der Waals surface area (Å²) in [6, 6.07) is 15.0. The lowest BCUT2D eigenvalue weighted by atomic mass is 9.98. The fraction of sp³-hybridized carbons (Fsp3) is 0.308. The van der Waals surface area contributed by atoms with Crippen LogP contribution >= 0.6 is 11.6 Å². The first-order valence-electron chi connectivity index (χ1n) is 12.2. The third kappa shape index (κ3) is 7.93. The van der Waals surface area contributed by atoms with E-state index in [4.69, 9.17) is 27.5 Å². The van der Waals surface area contributed by atoms with Crippen LogP contribution in [0.4, 0.5) is 0 Å². The van der Waals surface area contributed by atoms with Gasteiger partial charge in [0.1, 0.15) is 11.9 Å². The molecule has 0 fully saturated rings. The van der Waals surface area contributed by atoms with Gasteiger partial charge in [-0.05, 0) is 28.3 Å². The van der Waals surface area contributed by atoms with Crippen molar-refractivity contribution in [1.82, 2.24) is 30.2 Å². The van der Waals surface area contributed by atoms with Crippen LogP contribution in [0.1, 0.15) is 43.3 Å². The maximum Gasteiger partial charge on any atom is 0.321 e. The van der Waals surface area contributed by atoms with E-state index in [1.165, 1.54) is 0 Å². The summed E-state index contributed by atoms with van der Waals surface area (Å²) in [5.74, 6) is -1.02. The standard InChI is InChI=1S/C22H23ClN6O.C4H7NO4/c1-2-3-8-20-24-21(23)19(14-30)29(20)13-15-9-11-16(12-10-15)17-6-4-5-7-18(17)22-25-27-28-26-22;5-2(4(8)9)1-3(6)7/h4-7,9-12,30H,2-3,8,13-14H2,1H3,(H,25,26,27,28);2H,1,5H2,(H,6,7)(H,8,9)/t;2-/m.0/s1. The van der Waals surface area contributed by atoms with E-state index in [0.29, 0.717) is 23.2 Å². The van der Waals surface area contributed by atoms with Crippen molar-refractivity contribution in [3.8, 4) is 22.5 Å². The highest BCUT2D eigenvalue weighted by molar-refractivity contribution is 6.30. The van der Waals surface area contributed by atoms with Gasteiger partial charge in [0.25, 0.3) is 0 Å². The number of hydrogen-bond acceptors (Lipinski definition) is 8. The predicted octanol–water partition coefficient (Wildman–Crippen LogP) is 3.14. The SMILES string of the molecule is CCCCc1nc(Cl)c(CO)n1Cc1ccc(-c2ccccc2-c2nn[nH]n2)cc1.N[C@@H](CC(=O)O)C(=O)O. The number of aromatic nitrogens is 6. The number of carbonyl (C=O) groups is 2. The molecule has 12 nitrogen and oxygen atoms in total. The first kappa shape index (κ1) is 29.4. The summed E-state index contributed by atoms with van der Waals surface area (Å²) in [7, 11) is 0. The van der Waals surface area contributed by atoms with Gasteiger partial charge in [0, 0.05) is 18.5 Å². The molecule has 4 aromatic rings. The number of nitrogens with zero attached hydrogens (tertiary/aromatic N) is 5. The second-order valence-corrected chi connectivity index (χ2v) is 8.99. The first-order chi connectivity index (χ1) is 18.7. The quantitative estimate of drug-likeness (QED) is 0.183. The minimum atomic E-state index is -1.29. The molecule has 13 heteroatoms. The molecule has 0 radical (unpaired) electrons. The van der Waals surface area contributed by atoms with Crippen LogP contribution in [0.2, 0.25) is 5.15 Å². The largest absolute Gasteiger partial charge is 0.481 e. The summed E-state index contributed by atoms with van der Waals surface area (Å²) in [4.78, 5) is 24.1. The molecule has 0 saturated heterocycles. The van der Waals surface area contributed by atoms with E-state index in [2.05, 4.69) is 56.8 Å². The van der Waals surface area contributed by atoms with Crippen LogP contribution in [0, 0.1) is 0 Å². The number of carboxylic acids is 2. The van der Waals surface area contributed by atoms with Crippen LogP contribution < -0.4 is 5.73 Å². The Labute approximate surface area is 229 Å². The summed E-state index contributed by atoms with van der Waals surface area (Å²) < 4.78 is 2.03. The molecular weight excluding hydrogens is 526 g/mol. The molecule has 0 aliphatic rings. The third-order valence-corrected chi connectivity index (χ3v) is 6.14. The van der Waals surface area contributed by atoms with Gasteiger partial charge in [-0.1, -0.05) is 73.5 Å². The van der Waals surface area contributed by atoms with Crippen molar-refractivity contribution in [2.75, 3.05) is 0 Å². The normalized spacial score (nSPS) is 11.5. The lowest BCUT2D eigenvalue weighted by Crippen LogP contribution is -2.32. The van der Waals surface area contributed by atoms with Crippen molar-refractivity contribution in [2.24, 2.45) is 5.73 Å². The number of benzene rings is 2. The Balaban J connectivity index is 0.000000403. The van der Waals surface area contributed by atoms with Gasteiger partial charge in [-0.3, -0.25) is 9.59 Å². The Morgan fingerprint density at radius 1 is 1.10 bits per heavy atom. The number of aliphatic carboxylic acids is 2. The summed E-state index contributed by atoms with van der Waals surface area (Å²) >= 11 is 6.26. The smallest absolute Gasteiger partial charge is 0.321 e. The Morgan fingerprint density at radius 2 is 1.79 bits per heavy atom. The number of nitrogens with two attached hydrogens (primary N) is 1. The Morgan fingerprint density at radius 3 is 2.33 bits per heavy atom. The second kappa shape index (κ2) is 14.1. The molecule has 0 aliphatic carbocycles. The number of unbranched alkanes of at least 4 members (excludes halogenated alkanes) is 1. The molecule has 39 heavy (non-hydrogen) atoms. The number of aromatic amines is 1. The molecule has 0 unspecified atom stereocenters. The fourth-order valence-corrected chi connectivity index (χ4v) is 4.08. The van der Waals surface area contributed by atoms with E-state index in [-0.39, 0.29) is 6.61 Å². The highest BCUT2D eigenvalue weighted by Crippen LogP contribution is 2.30. The monoisotopic (exact) mass is 555 g/mol. The van der Waals surface area contributed by atoms with Crippen molar-refractivity contribution >= 4 is 23.5 Å². The van der Waals surface area contributed by atoms with Gasteiger partial charge < -0.3 is 25.6 Å². The molecule has 4 rings (SSSR count). The average molecular weight is 556 g/mol. The zero-order chi connectivity index (χ0) is 28.4. The Bertz CT molecular complexity index is 1370. The van der Waals surface area contributed by atoms with Gasteiger partial charge >= 0.3 is 11.9 Å². The molecule has 2 aromatic carbocycles. The van der Waals surface area contributed by atoms with Crippen molar-refractivity contribution in [1.29, 1.82) is 0 Å². The minimum Gasteiger partial charge on any atom is -0.481 e. The van der Waals surface area contributed by atoms with Gasteiger partial charge in [-0.15, -0.1) is 10.2 Å². The molecule has 0 bridgehead atoms. The Hall–Kier alpha value is -4.13. The van der Waals surface area contributed by atoms with Crippen LogP contribution in [0.5, 0.6) is 0 Å². The number of carboxylic acid groups (broad SMARTS) is 2. The first-order valence-corrected chi connectivity index (χ1v) is 12.6. The molecule has 0 spiro atoms. The lowest BCUT2D eigenvalue weighted by molar-refractivity contribution is -0.144. The molecular formula is C26H30ClN7O5. The highest BCUT2D eigenvalue weighted by Gasteiger charge is 2.16. The number of tetrazole rings is 1. The summed E-state index contributed by atoms with van der Waals surface area (Å²) in [5.41, 5.74) is 9.63. The van der Waals surface area contributed by atoms with E-state index in [0.717, 1.165) is 47.3 Å². The molecule has 2 heterocycles. The van der Waals surface area contributed by atoms with Crippen molar-refractivity contribution in [3.63, 3.8) is 0 Å². The van der Waals surface area contributed by atoms with Gasteiger partial charge in [0.2, 0.25) is 5.82 Å². The van der Waals surface area contributed by atoms with Gasteiger partial charge in [0.05, 0.1) is 18.7 Å². The zero-order valence-electron chi connectivity index (χ0n) is 21.3. The molecule has 6 N–H and O–H groups in total. The molecule has 2 aromatic heterocycles. The number of imidazole rings is 1. The number of H-pyrrole nitrogens is 1. The van der Waals surface area contributed by atoms with Crippen LogP contribution in [-0.2, 0) is 29.2 Å². The number of rotatable bonds is 11. The molecule has 0 saturated carbocycles. The number of nitrogens with one attached hydrogen (secondary N) is 1. The second-order valence-electron chi connectivity index (χ2n) is 8.63. The van der Waals surface area contributed by atoms with Crippen LogP contribution in [0.3, 0.4) is 0 Å². The van der Waals surface area contributed by atoms with Crippen molar-refractivity contribution < 1.29 is 24.9 Å². The van der Waals surface area contributed by atoms with E-state index >= 15 is 0 Å². The van der Waals surface area contributed by atoms with E-state index < -0.39 is 24.4 Å².